The van der Waals surface area contributed by atoms with Gasteiger partial charge in [-0.2, -0.15) is 0 Å². The van der Waals surface area contributed by atoms with E-state index in [1.807, 2.05) is 0 Å². The van der Waals surface area contributed by atoms with Crippen molar-refractivity contribution in [1.82, 2.24) is 5.32 Å². The van der Waals surface area contributed by atoms with Crippen LogP contribution in [-0.4, -0.2) is 23.7 Å². The molecule has 0 radical (unpaired) electrons. The van der Waals surface area contributed by atoms with E-state index in [4.69, 9.17) is 5.11 Å². The molecule has 0 bridgehead atoms. The number of aliphatic hydroxyl groups excluding tert-OH is 1. The summed E-state index contributed by atoms with van der Waals surface area (Å²) in [6.07, 6.45) is 0. The van der Waals surface area contributed by atoms with Gasteiger partial charge < -0.3 is 10.4 Å². The third kappa shape index (κ3) is 3.28. The molecule has 0 unspecified atom stereocenters. The highest BCUT2D eigenvalue weighted by Gasteiger charge is 2.12. The third-order valence-corrected chi connectivity index (χ3v) is 2.48. The van der Waals surface area contributed by atoms with Gasteiger partial charge >= 0.3 is 0 Å². The maximum Gasteiger partial charge on any atom is 0.252 e. The Balaban J connectivity index is 2.82. The highest BCUT2D eigenvalue weighted by Crippen LogP contribution is 2.17. The first-order valence-corrected chi connectivity index (χ1v) is 5.20. The third-order valence-electron chi connectivity index (χ3n) is 1.83. The Bertz CT molecular complexity index is 370. The first kappa shape index (κ1) is 12.1. The lowest BCUT2D eigenvalue weighted by molar-refractivity contribution is 0.0921. The summed E-state index contributed by atoms with van der Waals surface area (Å²) in [7, 11) is 0. The molecule has 5 heteroatoms. The first-order chi connectivity index (χ1) is 7.04. The van der Waals surface area contributed by atoms with E-state index in [1.54, 1.807) is 6.92 Å². The van der Waals surface area contributed by atoms with Gasteiger partial charge in [0, 0.05) is 10.5 Å². The number of carbonyl (C=O) groups is 1. The van der Waals surface area contributed by atoms with Crippen LogP contribution in [0.1, 0.15) is 17.3 Å². The van der Waals surface area contributed by atoms with Gasteiger partial charge in [-0.3, -0.25) is 4.79 Å². The summed E-state index contributed by atoms with van der Waals surface area (Å²) in [5.41, 5.74) is 0.344. The van der Waals surface area contributed by atoms with Crippen molar-refractivity contribution in [3.63, 3.8) is 0 Å². The fourth-order valence-corrected chi connectivity index (χ4v) is 1.55. The van der Waals surface area contributed by atoms with Crippen molar-refractivity contribution in [3.8, 4) is 0 Å². The quantitative estimate of drug-likeness (QED) is 0.882. The standard InChI is InChI=1S/C10H11BrFNO2/c1-6(5-14)13-10(15)8-3-2-7(12)4-9(8)11/h2-4,6,14H,5H2,1H3,(H,13,15)/t6-/m1/s1. The summed E-state index contributed by atoms with van der Waals surface area (Å²) in [5, 5.41) is 11.3. The predicted octanol–water partition coefficient (Wildman–Crippen LogP) is 1.70. The number of aliphatic hydroxyl groups is 1. The minimum atomic E-state index is -0.409. The lowest BCUT2D eigenvalue weighted by Crippen LogP contribution is -2.35. The van der Waals surface area contributed by atoms with Crippen LogP contribution in [0.4, 0.5) is 4.39 Å². The van der Waals surface area contributed by atoms with E-state index in [9.17, 15) is 9.18 Å². The SMILES string of the molecule is C[C@H](CO)NC(=O)c1ccc(F)cc1Br. The molecule has 0 aliphatic rings. The molecule has 0 aromatic heterocycles. The number of rotatable bonds is 3. The zero-order valence-corrected chi connectivity index (χ0v) is 9.71. The summed E-state index contributed by atoms with van der Waals surface area (Å²) in [5.74, 6) is -0.753. The fraction of sp³-hybridized carbons (Fsp3) is 0.300. The van der Waals surface area contributed by atoms with Crippen LogP contribution in [0.2, 0.25) is 0 Å². The van der Waals surface area contributed by atoms with Gasteiger partial charge in [-0.15, -0.1) is 0 Å². The van der Waals surface area contributed by atoms with E-state index in [0.29, 0.717) is 10.0 Å². The van der Waals surface area contributed by atoms with Crippen molar-refractivity contribution in [3.05, 3.63) is 34.1 Å². The Labute approximate surface area is 95.4 Å². The second-order valence-corrected chi connectivity index (χ2v) is 4.04. The van der Waals surface area contributed by atoms with Crippen LogP contribution >= 0.6 is 15.9 Å². The molecule has 15 heavy (non-hydrogen) atoms. The van der Waals surface area contributed by atoms with Crippen LogP contribution in [0.5, 0.6) is 0 Å². The lowest BCUT2D eigenvalue weighted by atomic mass is 10.2. The number of amides is 1. The Morgan fingerprint density at radius 1 is 1.67 bits per heavy atom. The van der Waals surface area contributed by atoms with Gasteiger partial charge in [-0.1, -0.05) is 0 Å². The van der Waals surface area contributed by atoms with Crippen LogP contribution in [0.3, 0.4) is 0 Å². The van der Waals surface area contributed by atoms with Gasteiger partial charge in [0.15, 0.2) is 0 Å². The van der Waals surface area contributed by atoms with Gasteiger partial charge in [0.1, 0.15) is 5.82 Å². The maximum atomic E-state index is 12.7. The average Bonchev–Trinajstić information content (AvgIpc) is 2.17. The predicted molar refractivity (Wildman–Crippen MR) is 58.1 cm³/mol. The summed E-state index contributed by atoms with van der Waals surface area (Å²) in [4.78, 5) is 11.6. The van der Waals surface area contributed by atoms with Crippen molar-refractivity contribution < 1.29 is 14.3 Å². The van der Waals surface area contributed by atoms with Crippen molar-refractivity contribution >= 4 is 21.8 Å². The topological polar surface area (TPSA) is 49.3 Å². The maximum absolute atomic E-state index is 12.7. The molecule has 1 amide bonds. The molecule has 1 rings (SSSR count). The normalized spacial score (nSPS) is 12.3. The van der Waals surface area contributed by atoms with Gasteiger partial charge in [0.2, 0.25) is 0 Å². The number of hydrogen-bond acceptors (Lipinski definition) is 2. The second-order valence-electron chi connectivity index (χ2n) is 3.18. The minimum absolute atomic E-state index is 0.134. The number of benzene rings is 1. The zero-order chi connectivity index (χ0) is 11.4. The van der Waals surface area contributed by atoms with E-state index in [-0.39, 0.29) is 18.6 Å². The molecule has 1 aromatic rings. The molecular weight excluding hydrogens is 265 g/mol. The highest BCUT2D eigenvalue weighted by atomic mass is 79.9. The highest BCUT2D eigenvalue weighted by molar-refractivity contribution is 9.10. The second kappa shape index (κ2) is 5.23. The van der Waals surface area contributed by atoms with E-state index in [2.05, 4.69) is 21.2 Å². The van der Waals surface area contributed by atoms with Gasteiger partial charge in [0.25, 0.3) is 5.91 Å². The molecule has 0 fully saturated rings. The van der Waals surface area contributed by atoms with E-state index < -0.39 is 5.82 Å². The molecule has 1 atom stereocenters. The average molecular weight is 276 g/mol. The molecule has 0 heterocycles. The van der Waals surface area contributed by atoms with E-state index >= 15 is 0 Å². The van der Waals surface area contributed by atoms with Crippen LogP contribution in [0.25, 0.3) is 0 Å². The fourth-order valence-electron chi connectivity index (χ4n) is 1.02. The number of halogens is 2. The Morgan fingerprint density at radius 3 is 2.87 bits per heavy atom. The van der Waals surface area contributed by atoms with Crippen LogP contribution in [0, 0.1) is 5.82 Å². The van der Waals surface area contributed by atoms with E-state index in [0.717, 1.165) is 0 Å². The molecular formula is C10H11BrFNO2. The van der Waals surface area contributed by atoms with Crippen molar-refractivity contribution in [2.45, 2.75) is 13.0 Å². The minimum Gasteiger partial charge on any atom is -0.394 e. The smallest absolute Gasteiger partial charge is 0.252 e. The summed E-state index contributed by atoms with van der Waals surface area (Å²) in [6, 6.07) is 3.50. The Morgan fingerprint density at radius 2 is 2.33 bits per heavy atom. The zero-order valence-electron chi connectivity index (χ0n) is 8.13. The molecule has 3 nitrogen and oxygen atoms in total. The van der Waals surface area contributed by atoms with Crippen molar-refractivity contribution in [1.29, 1.82) is 0 Å². The monoisotopic (exact) mass is 275 g/mol. The van der Waals surface area contributed by atoms with Gasteiger partial charge in [-0.25, -0.2) is 4.39 Å². The molecule has 0 spiro atoms. The van der Waals surface area contributed by atoms with Crippen LogP contribution in [0.15, 0.2) is 22.7 Å². The Hall–Kier alpha value is -0.940. The van der Waals surface area contributed by atoms with Crippen LogP contribution in [-0.2, 0) is 0 Å². The number of nitrogens with one attached hydrogen (secondary N) is 1. The molecule has 1 aromatic carbocycles. The molecule has 0 aliphatic heterocycles. The molecule has 82 valence electrons. The first-order valence-electron chi connectivity index (χ1n) is 4.41. The molecule has 0 aliphatic carbocycles. The molecule has 0 saturated heterocycles. The van der Waals surface area contributed by atoms with Crippen LogP contribution < -0.4 is 5.32 Å². The van der Waals surface area contributed by atoms with Gasteiger partial charge in [-0.05, 0) is 41.1 Å². The van der Waals surface area contributed by atoms with Gasteiger partial charge in [0.05, 0.1) is 12.2 Å². The summed E-state index contributed by atoms with van der Waals surface area (Å²) >= 11 is 3.10. The number of hydrogen-bond donors (Lipinski definition) is 2. The van der Waals surface area contributed by atoms with Crippen molar-refractivity contribution in [2.24, 2.45) is 0 Å². The largest absolute Gasteiger partial charge is 0.394 e. The lowest BCUT2D eigenvalue weighted by Gasteiger charge is -2.11. The van der Waals surface area contributed by atoms with Crippen molar-refractivity contribution in [2.75, 3.05) is 6.61 Å². The summed E-state index contributed by atoms with van der Waals surface area (Å²) < 4.78 is 13.1. The molecule has 2 N–H and O–H groups in total. The molecule has 0 saturated carbocycles. The Kier molecular flexibility index (Phi) is 4.23. The summed E-state index contributed by atoms with van der Waals surface area (Å²) in [6.45, 7) is 1.54. The number of carbonyl (C=O) groups excluding carboxylic acids is 1. The van der Waals surface area contributed by atoms with E-state index in [1.165, 1.54) is 18.2 Å².